The maximum absolute atomic E-state index is 14.0. The minimum Gasteiger partial charge on any atom is -0.444 e. The van der Waals surface area contributed by atoms with Gasteiger partial charge in [-0.2, -0.15) is 26.3 Å². The number of piperazine rings is 1. The number of ether oxygens (including phenoxy) is 1. The number of rotatable bonds is 3. The number of amides is 2. The van der Waals surface area contributed by atoms with Crippen LogP contribution in [-0.4, -0.2) is 82.6 Å². The lowest BCUT2D eigenvalue weighted by Crippen LogP contribution is -2.67. The van der Waals surface area contributed by atoms with Crippen molar-refractivity contribution in [2.45, 2.75) is 76.5 Å². The molecule has 3 atom stereocenters. The zero-order valence-electron chi connectivity index (χ0n) is 23.1. The lowest BCUT2D eigenvalue weighted by Gasteiger charge is -2.50. The minimum absolute atomic E-state index is 0.0102. The van der Waals surface area contributed by atoms with Crippen LogP contribution in [0.4, 0.5) is 36.8 Å². The van der Waals surface area contributed by atoms with Gasteiger partial charge in [-0.15, -0.1) is 11.3 Å². The van der Waals surface area contributed by atoms with Gasteiger partial charge in [-0.3, -0.25) is 14.5 Å². The number of piperidine rings is 2. The van der Waals surface area contributed by atoms with E-state index >= 15 is 0 Å². The topological polar surface area (TPSA) is 83.0 Å². The van der Waals surface area contributed by atoms with Gasteiger partial charge in [0.25, 0.3) is 0 Å². The Balaban J connectivity index is 1.40. The van der Waals surface area contributed by atoms with Gasteiger partial charge < -0.3 is 14.5 Å². The summed E-state index contributed by atoms with van der Waals surface area (Å²) in [6.45, 7) is 4.98. The van der Waals surface area contributed by atoms with E-state index in [1.807, 2.05) is 0 Å². The first-order chi connectivity index (χ1) is 19.4. The van der Waals surface area contributed by atoms with Gasteiger partial charge in [0.05, 0.1) is 17.7 Å². The van der Waals surface area contributed by atoms with Crippen molar-refractivity contribution in [3.63, 3.8) is 0 Å². The van der Waals surface area contributed by atoms with Crippen LogP contribution in [0.2, 0.25) is 0 Å². The molecule has 2 aromatic rings. The van der Waals surface area contributed by atoms with Gasteiger partial charge in [0.1, 0.15) is 22.3 Å². The molecule has 6 rings (SSSR count). The number of pyridine rings is 1. The molecule has 0 radical (unpaired) electrons. The van der Waals surface area contributed by atoms with Gasteiger partial charge in [-0.25, -0.2) is 9.78 Å². The number of thiophene rings is 1. The summed E-state index contributed by atoms with van der Waals surface area (Å²) in [6.07, 6.45) is -9.55. The molecule has 1 aliphatic carbocycles. The van der Waals surface area contributed by atoms with Gasteiger partial charge in [0.15, 0.2) is 0 Å². The van der Waals surface area contributed by atoms with E-state index in [0.29, 0.717) is 30.4 Å². The third-order valence-corrected chi connectivity index (χ3v) is 8.81. The highest BCUT2D eigenvalue weighted by Gasteiger charge is 2.54. The number of hydrogen-bond acceptors (Lipinski definition) is 7. The molecule has 1 saturated carbocycles. The minimum atomic E-state index is -4.81. The molecular formula is C27H30F6N4O4S. The molecule has 3 saturated heterocycles. The molecule has 0 N–H and O–H groups in total. The molecule has 4 fully saturated rings. The van der Waals surface area contributed by atoms with Crippen LogP contribution in [0.25, 0.3) is 10.2 Å². The van der Waals surface area contributed by atoms with Gasteiger partial charge in [0.2, 0.25) is 5.91 Å². The number of carbonyl (C=O) groups is 3. The zero-order valence-corrected chi connectivity index (χ0v) is 24.0. The molecule has 8 nitrogen and oxygen atoms in total. The summed E-state index contributed by atoms with van der Waals surface area (Å²) in [5.41, 5.74) is -2.17. The fourth-order valence-corrected chi connectivity index (χ4v) is 7.11. The third kappa shape index (κ3) is 6.02. The SMILES string of the molecule is CC(C)(C)OC(=O)N1[C@H]2CC[C@H](C(=O)C2)[C@H]1C(=O)N1CCN(c2c(C(F)(F)F)cnc3sc(CC(F)(F)F)cc23)CC1. The number of aromatic nitrogens is 1. The van der Waals surface area contributed by atoms with Gasteiger partial charge >= 0.3 is 18.4 Å². The second-order valence-corrected chi connectivity index (χ2v) is 13.0. The monoisotopic (exact) mass is 620 g/mol. The summed E-state index contributed by atoms with van der Waals surface area (Å²) in [5, 5.41) is -0.0276. The maximum atomic E-state index is 14.0. The largest absolute Gasteiger partial charge is 0.444 e. The smallest absolute Gasteiger partial charge is 0.419 e. The van der Waals surface area contributed by atoms with E-state index in [1.54, 1.807) is 20.8 Å². The van der Waals surface area contributed by atoms with Crippen molar-refractivity contribution in [3.8, 4) is 0 Å². The molecule has 230 valence electrons. The van der Waals surface area contributed by atoms with Crippen LogP contribution in [0.5, 0.6) is 0 Å². The van der Waals surface area contributed by atoms with E-state index < -0.39 is 59.9 Å². The molecule has 2 bridgehead atoms. The molecule has 3 aliphatic heterocycles. The van der Waals surface area contributed by atoms with Crippen molar-refractivity contribution in [2.24, 2.45) is 5.92 Å². The molecule has 2 amide bonds. The highest BCUT2D eigenvalue weighted by molar-refractivity contribution is 7.18. The Kier molecular flexibility index (Phi) is 7.63. The maximum Gasteiger partial charge on any atom is 0.419 e. The lowest BCUT2D eigenvalue weighted by molar-refractivity contribution is -0.153. The van der Waals surface area contributed by atoms with E-state index in [0.717, 1.165) is 6.07 Å². The van der Waals surface area contributed by atoms with Crippen LogP contribution < -0.4 is 4.90 Å². The number of anilines is 1. The van der Waals surface area contributed by atoms with E-state index in [2.05, 4.69) is 4.98 Å². The summed E-state index contributed by atoms with van der Waals surface area (Å²) in [4.78, 5) is 47.6. The molecule has 4 aliphatic rings. The van der Waals surface area contributed by atoms with Crippen LogP contribution in [0.3, 0.4) is 0 Å². The number of nitrogens with zero attached hydrogens (tertiary/aromatic N) is 4. The normalized spacial score (nSPS) is 23.6. The van der Waals surface area contributed by atoms with E-state index in [4.69, 9.17) is 4.74 Å². The first-order valence-corrected chi connectivity index (χ1v) is 14.4. The van der Waals surface area contributed by atoms with Crippen LogP contribution in [-0.2, 0) is 26.9 Å². The van der Waals surface area contributed by atoms with Crippen molar-refractivity contribution in [2.75, 3.05) is 31.1 Å². The first-order valence-electron chi connectivity index (χ1n) is 13.6. The summed E-state index contributed by atoms with van der Waals surface area (Å²) in [7, 11) is 0. The predicted octanol–water partition coefficient (Wildman–Crippen LogP) is 5.43. The number of hydrogen-bond donors (Lipinski definition) is 0. The predicted molar refractivity (Wildman–Crippen MR) is 141 cm³/mol. The van der Waals surface area contributed by atoms with Gasteiger partial charge in [-0.1, -0.05) is 0 Å². The van der Waals surface area contributed by atoms with Gasteiger partial charge in [0, 0.05) is 61.0 Å². The fraction of sp³-hybridized carbons (Fsp3) is 0.630. The Morgan fingerprint density at radius 3 is 2.29 bits per heavy atom. The second kappa shape index (κ2) is 10.6. The number of carbonyl (C=O) groups excluding carboxylic acids is 3. The van der Waals surface area contributed by atoms with Crippen molar-refractivity contribution in [3.05, 3.63) is 22.7 Å². The average Bonchev–Trinajstić information content (AvgIpc) is 3.26. The Morgan fingerprint density at radius 1 is 1.05 bits per heavy atom. The summed E-state index contributed by atoms with van der Waals surface area (Å²) < 4.78 is 86.6. The number of fused-ring (bicyclic) bond motifs is 4. The number of halogens is 6. The molecule has 0 unspecified atom stereocenters. The molecule has 2 aromatic heterocycles. The molecule has 0 aromatic carbocycles. The fourth-order valence-electron chi connectivity index (χ4n) is 6.08. The number of ketones is 1. The van der Waals surface area contributed by atoms with Crippen molar-refractivity contribution in [1.82, 2.24) is 14.8 Å². The quantitative estimate of drug-likeness (QED) is 0.426. The molecular weight excluding hydrogens is 590 g/mol. The Labute approximate surface area is 241 Å². The van der Waals surface area contributed by atoms with Crippen LogP contribution in [0.1, 0.15) is 50.5 Å². The summed E-state index contributed by atoms with van der Waals surface area (Å²) >= 11 is 0.689. The van der Waals surface area contributed by atoms with Crippen molar-refractivity contribution in [1.29, 1.82) is 0 Å². The summed E-state index contributed by atoms with van der Waals surface area (Å²) in [6, 6.07) is -0.436. The first kappa shape index (κ1) is 30.4. The van der Waals surface area contributed by atoms with Crippen molar-refractivity contribution >= 4 is 45.0 Å². The van der Waals surface area contributed by atoms with Crippen LogP contribution in [0.15, 0.2) is 12.3 Å². The highest BCUT2D eigenvalue weighted by Crippen LogP contribution is 2.44. The number of alkyl halides is 6. The standard InChI is InChI=1S/C27H30F6N4O4S/c1-25(2,3)41-24(40)37-14-4-5-16(19(38)10-14)21(37)23(39)36-8-6-35(7-9-36)20-17-11-15(12-26(28,29)30)42-22(17)34-13-18(20)27(31,32)33/h11,13-14,16,21H,4-10,12H2,1-3H3/t14-,16+,21-/m0/s1. The second-order valence-electron chi connectivity index (χ2n) is 11.9. The Hall–Kier alpha value is -3.10. The van der Waals surface area contributed by atoms with Crippen molar-refractivity contribution < 1.29 is 45.5 Å². The highest BCUT2D eigenvalue weighted by atomic mass is 32.1. The number of Topliss-reactive ketones (excluding diaryl/α,β-unsaturated/α-hetero) is 1. The van der Waals surface area contributed by atoms with E-state index in [9.17, 15) is 40.7 Å². The third-order valence-electron chi connectivity index (χ3n) is 7.77. The molecule has 5 heterocycles. The Bertz CT molecular complexity index is 1390. The van der Waals surface area contributed by atoms with E-state index in [1.165, 1.54) is 14.7 Å². The zero-order chi connectivity index (χ0) is 30.8. The molecule has 42 heavy (non-hydrogen) atoms. The molecule has 0 spiro atoms. The summed E-state index contributed by atoms with van der Waals surface area (Å²) in [5.74, 6) is -1.27. The Morgan fingerprint density at radius 2 is 1.71 bits per heavy atom. The van der Waals surface area contributed by atoms with Gasteiger partial charge in [-0.05, 0) is 39.7 Å². The van der Waals surface area contributed by atoms with Crippen LogP contribution >= 0.6 is 11.3 Å². The molecule has 15 heteroatoms. The lowest BCUT2D eigenvalue weighted by atomic mass is 9.73. The van der Waals surface area contributed by atoms with E-state index in [-0.39, 0.29) is 59.2 Å². The average molecular weight is 621 g/mol. The van der Waals surface area contributed by atoms with Crippen LogP contribution in [0, 0.1) is 5.92 Å².